The van der Waals surface area contributed by atoms with Crippen LogP contribution in [0.4, 0.5) is 0 Å². The number of aryl methyl sites for hydroxylation is 1. The number of nitrogens with zero attached hydrogens (tertiary/aromatic N) is 3. The number of nitriles is 1. The molecule has 2 N–H and O–H groups in total. The van der Waals surface area contributed by atoms with E-state index < -0.39 is 5.91 Å². The molecular weight excluding hydrogens is 320 g/mol. The summed E-state index contributed by atoms with van der Waals surface area (Å²) in [6, 6.07) is 11.1. The normalized spacial score (nSPS) is 11.0. The Morgan fingerprint density at radius 2 is 2.08 bits per heavy atom. The number of primary amides is 1. The maximum atomic E-state index is 11.5. The Labute approximate surface area is 145 Å². The molecule has 1 amide bonds. The van der Waals surface area contributed by atoms with Crippen LogP contribution < -0.4 is 5.73 Å². The summed E-state index contributed by atoms with van der Waals surface area (Å²) in [5.74, 6) is -1.12. The second-order valence-corrected chi connectivity index (χ2v) is 5.15. The second kappa shape index (κ2) is 8.45. The summed E-state index contributed by atoms with van der Waals surface area (Å²) in [6.07, 6.45) is 3.24. The van der Waals surface area contributed by atoms with Crippen molar-refractivity contribution in [1.29, 1.82) is 5.26 Å². The van der Waals surface area contributed by atoms with Crippen LogP contribution >= 0.6 is 0 Å². The van der Waals surface area contributed by atoms with Crippen LogP contribution in [-0.2, 0) is 20.9 Å². The van der Waals surface area contributed by atoms with Gasteiger partial charge in [-0.3, -0.25) is 14.3 Å². The van der Waals surface area contributed by atoms with Crippen LogP contribution in [0.15, 0.2) is 42.1 Å². The van der Waals surface area contributed by atoms with Crippen molar-refractivity contribution in [1.82, 2.24) is 9.78 Å². The number of hydrogen-bond acceptors (Lipinski definition) is 5. The fourth-order valence-corrected chi connectivity index (χ4v) is 2.23. The minimum absolute atomic E-state index is 0.165. The topological polar surface area (TPSA) is 111 Å². The molecule has 0 aliphatic heterocycles. The Morgan fingerprint density at radius 1 is 1.36 bits per heavy atom. The lowest BCUT2D eigenvalue weighted by molar-refractivity contribution is -0.143. The Morgan fingerprint density at radius 3 is 2.68 bits per heavy atom. The standard InChI is InChI=1S/C18H18N4O3/c1-2-25-16(23)8-9-22-12-15(10-14(11-19)18(20)24)17(21-22)13-6-4-3-5-7-13/h3-7,10,12H,2,8-9H2,1H3,(H2,20,24). The molecule has 7 nitrogen and oxygen atoms in total. The lowest BCUT2D eigenvalue weighted by Gasteiger charge is -2.02. The van der Waals surface area contributed by atoms with Crippen molar-refractivity contribution in [2.45, 2.75) is 19.9 Å². The van der Waals surface area contributed by atoms with Crippen LogP contribution in [0.1, 0.15) is 18.9 Å². The first-order chi connectivity index (χ1) is 12.0. The van der Waals surface area contributed by atoms with Crippen molar-refractivity contribution in [3.8, 4) is 17.3 Å². The predicted molar refractivity (Wildman–Crippen MR) is 91.7 cm³/mol. The van der Waals surface area contributed by atoms with Gasteiger partial charge in [-0.05, 0) is 13.0 Å². The van der Waals surface area contributed by atoms with E-state index in [4.69, 9.17) is 15.7 Å². The summed E-state index contributed by atoms with van der Waals surface area (Å²) in [4.78, 5) is 22.8. The molecule has 0 fully saturated rings. The number of aromatic nitrogens is 2. The van der Waals surface area contributed by atoms with Crippen molar-refractivity contribution >= 4 is 18.0 Å². The average Bonchev–Trinajstić information content (AvgIpc) is 3.01. The molecule has 0 saturated heterocycles. The van der Waals surface area contributed by atoms with E-state index in [2.05, 4.69) is 5.10 Å². The van der Waals surface area contributed by atoms with Gasteiger partial charge in [-0.1, -0.05) is 30.3 Å². The summed E-state index contributed by atoms with van der Waals surface area (Å²) in [6.45, 7) is 2.39. The van der Waals surface area contributed by atoms with E-state index >= 15 is 0 Å². The molecule has 7 heteroatoms. The first-order valence-corrected chi connectivity index (χ1v) is 7.75. The smallest absolute Gasteiger partial charge is 0.307 e. The third-order valence-corrected chi connectivity index (χ3v) is 3.37. The summed E-state index contributed by atoms with van der Waals surface area (Å²) in [7, 11) is 0. The van der Waals surface area contributed by atoms with Crippen LogP contribution in [0.5, 0.6) is 0 Å². The van der Waals surface area contributed by atoms with E-state index in [1.54, 1.807) is 23.9 Å². The molecule has 0 atom stereocenters. The number of hydrogen-bond donors (Lipinski definition) is 1. The summed E-state index contributed by atoms with van der Waals surface area (Å²) >= 11 is 0. The van der Waals surface area contributed by atoms with Crippen molar-refractivity contribution in [3.63, 3.8) is 0 Å². The van der Waals surface area contributed by atoms with Crippen LogP contribution in [0, 0.1) is 11.3 Å². The fraction of sp³-hybridized carbons (Fsp3) is 0.222. The maximum absolute atomic E-state index is 11.5. The van der Waals surface area contributed by atoms with Crippen molar-refractivity contribution in [2.24, 2.45) is 5.73 Å². The molecule has 2 aromatic rings. The molecule has 0 spiro atoms. The van der Waals surface area contributed by atoms with Crippen molar-refractivity contribution in [3.05, 3.63) is 47.7 Å². The van der Waals surface area contributed by atoms with Gasteiger partial charge in [0, 0.05) is 17.3 Å². The van der Waals surface area contributed by atoms with Crippen LogP contribution in [-0.4, -0.2) is 28.3 Å². The van der Waals surface area contributed by atoms with Gasteiger partial charge in [0.05, 0.1) is 25.3 Å². The van der Waals surface area contributed by atoms with E-state index in [0.717, 1.165) is 5.56 Å². The van der Waals surface area contributed by atoms with Gasteiger partial charge < -0.3 is 10.5 Å². The Bertz CT molecular complexity index is 832. The molecule has 128 valence electrons. The van der Waals surface area contributed by atoms with Crippen LogP contribution in [0.25, 0.3) is 17.3 Å². The van der Waals surface area contributed by atoms with Gasteiger partial charge in [-0.25, -0.2) is 0 Å². The molecule has 0 unspecified atom stereocenters. The molecule has 0 saturated carbocycles. The molecule has 0 radical (unpaired) electrons. The molecule has 0 aliphatic rings. The lowest BCUT2D eigenvalue weighted by Crippen LogP contribution is -2.12. The van der Waals surface area contributed by atoms with Gasteiger partial charge >= 0.3 is 5.97 Å². The zero-order chi connectivity index (χ0) is 18.2. The molecule has 1 aromatic heterocycles. The minimum Gasteiger partial charge on any atom is -0.466 e. The highest BCUT2D eigenvalue weighted by Gasteiger charge is 2.13. The van der Waals surface area contributed by atoms with E-state index in [1.165, 1.54) is 6.08 Å². The highest BCUT2D eigenvalue weighted by molar-refractivity contribution is 6.01. The van der Waals surface area contributed by atoms with E-state index in [-0.39, 0.29) is 18.0 Å². The van der Waals surface area contributed by atoms with E-state index in [0.29, 0.717) is 24.4 Å². The Kier molecular flexibility index (Phi) is 6.07. The van der Waals surface area contributed by atoms with E-state index in [9.17, 15) is 9.59 Å². The highest BCUT2D eigenvalue weighted by atomic mass is 16.5. The molecule has 1 heterocycles. The Hall–Kier alpha value is -3.40. The van der Waals surface area contributed by atoms with Gasteiger partial charge in [0.2, 0.25) is 0 Å². The molecular formula is C18H18N4O3. The number of amides is 1. The van der Waals surface area contributed by atoms with E-state index in [1.807, 2.05) is 30.3 Å². The second-order valence-electron chi connectivity index (χ2n) is 5.15. The molecule has 0 bridgehead atoms. The van der Waals surface area contributed by atoms with Crippen molar-refractivity contribution < 1.29 is 14.3 Å². The molecule has 25 heavy (non-hydrogen) atoms. The zero-order valence-corrected chi connectivity index (χ0v) is 13.8. The van der Waals surface area contributed by atoms with Crippen LogP contribution in [0.2, 0.25) is 0 Å². The Balaban J connectivity index is 2.37. The first-order valence-electron chi connectivity index (χ1n) is 7.75. The number of benzene rings is 1. The molecule has 2 rings (SSSR count). The van der Waals surface area contributed by atoms with Crippen LogP contribution in [0.3, 0.4) is 0 Å². The third-order valence-electron chi connectivity index (χ3n) is 3.37. The SMILES string of the molecule is CCOC(=O)CCn1cc(C=C(C#N)C(N)=O)c(-c2ccccc2)n1. The summed E-state index contributed by atoms with van der Waals surface area (Å²) in [5, 5.41) is 13.5. The zero-order valence-electron chi connectivity index (χ0n) is 13.8. The highest BCUT2D eigenvalue weighted by Crippen LogP contribution is 2.24. The predicted octanol–water partition coefficient (Wildman–Crippen LogP) is 1.90. The third kappa shape index (κ3) is 4.78. The molecule has 1 aromatic carbocycles. The van der Waals surface area contributed by atoms with Gasteiger partial charge in [0.1, 0.15) is 11.6 Å². The van der Waals surface area contributed by atoms with Crippen molar-refractivity contribution in [2.75, 3.05) is 6.61 Å². The van der Waals surface area contributed by atoms with Gasteiger partial charge in [0.15, 0.2) is 0 Å². The number of carbonyl (C=O) groups is 2. The lowest BCUT2D eigenvalue weighted by atomic mass is 10.1. The van der Waals surface area contributed by atoms with Gasteiger partial charge in [-0.2, -0.15) is 10.4 Å². The number of ether oxygens (including phenoxy) is 1. The minimum atomic E-state index is -0.805. The number of carbonyl (C=O) groups excluding carboxylic acids is 2. The first kappa shape index (κ1) is 17.9. The quantitative estimate of drug-likeness (QED) is 0.471. The summed E-state index contributed by atoms with van der Waals surface area (Å²) in [5.41, 5.74) is 7.03. The monoisotopic (exact) mass is 338 g/mol. The number of nitrogens with two attached hydrogens (primary N) is 1. The largest absolute Gasteiger partial charge is 0.466 e. The molecule has 0 aliphatic carbocycles. The fourth-order valence-electron chi connectivity index (χ4n) is 2.23. The maximum Gasteiger partial charge on any atom is 0.307 e. The number of esters is 1. The van der Waals surface area contributed by atoms with Gasteiger partial charge in [-0.15, -0.1) is 0 Å². The number of rotatable bonds is 7. The average molecular weight is 338 g/mol. The van der Waals surface area contributed by atoms with Gasteiger partial charge in [0.25, 0.3) is 5.91 Å². The summed E-state index contributed by atoms with van der Waals surface area (Å²) < 4.78 is 6.49.